The molecule has 1 amide bonds. The predicted octanol–water partition coefficient (Wildman–Crippen LogP) is 1.32. The lowest BCUT2D eigenvalue weighted by molar-refractivity contribution is -0.115. The van der Waals surface area contributed by atoms with Gasteiger partial charge in [0.25, 0.3) is 0 Å². The van der Waals surface area contributed by atoms with Crippen molar-refractivity contribution >= 4 is 21.4 Å². The summed E-state index contributed by atoms with van der Waals surface area (Å²) in [6.07, 6.45) is 0. The van der Waals surface area contributed by atoms with Crippen molar-refractivity contribution in [1.29, 1.82) is 0 Å². The van der Waals surface area contributed by atoms with Crippen LogP contribution < -0.4 is 5.32 Å². The van der Waals surface area contributed by atoms with Gasteiger partial charge in [0.05, 0.1) is 0 Å². The van der Waals surface area contributed by atoms with Gasteiger partial charge in [0.1, 0.15) is 11.0 Å². The number of aromatic nitrogens is 2. The van der Waals surface area contributed by atoms with E-state index in [2.05, 4.69) is 15.5 Å². The average Bonchev–Trinajstić information content (AvgIpc) is 2.83. The first-order valence-electron chi connectivity index (χ1n) is 6.25. The van der Waals surface area contributed by atoms with E-state index in [9.17, 15) is 13.2 Å². The molecule has 0 aliphatic carbocycles. The quantitative estimate of drug-likeness (QED) is 0.893. The monoisotopic (exact) mass is 309 g/mol. The highest BCUT2D eigenvalue weighted by Crippen LogP contribution is 2.12. The highest BCUT2D eigenvalue weighted by Gasteiger charge is 2.29. The van der Waals surface area contributed by atoms with Crippen molar-refractivity contribution in [2.24, 2.45) is 0 Å². The molecule has 21 heavy (non-hydrogen) atoms. The summed E-state index contributed by atoms with van der Waals surface area (Å²) in [5, 5.41) is 4.87. The number of carbonyl (C=O) groups is 1. The van der Waals surface area contributed by atoms with E-state index >= 15 is 0 Å². The molecule has 2 rings (SSSR count). The van der Waals surface area contributed by atoms with E-state index in [0.29, 0.717) is 5.69 Å². The van der Waals surface area contributed by atoms with Crippen LogP contribution in [-0.2, 0) is 20.4 Å². The zero-order chi connectivity index (χ0) is 15.5. The lowest BCUT2D eigenvalue weighted by Crippen LogP contribution is -2.33. The van der Waals surface area contributed by atoms with E-state index < -0.39 is 26.7 Å². The second-order valence-electron chi connectivity index (χ2n) is 4.53. The van der Waals surface area contributed by atoms with Gasteiger partial charge in [0, 0.05) is 12.6 Å². The van der Waals surface area contributed by atoms with Crippen LogP contribution in [-0.4, -0.2) is 29.7 Å². The van der Waals surface area contributed by atoms with E-state index in [4.69, 9.17) is 4.52 Å². The summed E-state index contributed by atoms with van der Waals surface area (Å²) in [6, 6.07) is 8.65. The molecule has 0 fully saturated rings. The number of nitrogens with zero attached hydrogens (tertiary/aromatic N) is 2. The third-order valence-corrected chi connectivity index (χ3v) is 4.80. The van der Waals surface area contributed by atoms with Crippen LogP contribution in [0.25, 0.3) is 0 Å². The molecule has 0 saturated carbocycles. The minimum atomic E-state index is -3.72. The van der Waals surface area contributed by atoms with E-state index in [1.165, 1.54) is 6.92 Å². The number of carbonyl (C=O) groups excluding carboxylic acids is 1. The maximum atomic E-state index is 12.2. The zero-order valence-corrected chi connectivity index (χ0v) is 12.4. The van der Waals surface area contributed by atoms with Gasteiger partial charge in [-0.15, -0.1) is 0 Å². The molecular weight excluding hydrogens is 294 g/mol. The van der Waals surface area contributed by atoms with Crippen LogP contribution in [0.5, 0.6) is 0 Å². The summed E-state index contributed by atoms with van der Waals surface area (Å²) in [6.45, 7) is 2.90. The van der Waals surface area contributed by atoms with E-state index in [-0.39, 0.29) is 11.7 Å². The van der Waals surface area contributed by atoms with Crippen LogP contribution in [0.15, 0.2) is 34.9 Å². The fourth-order valence-corrected chi connectivity index (χ4v) is 2.75. The van der Waals surface area contributed by atoms with Crippen molar-refractivity contribution in [3.05, 3.63) is 42.0 Å². The molecule has 112 valence electrons. The average molecular weight is 309 g/mol. The molecule has 1 atom stereocenters. The Kier molecular flexibility index (Phi) is 4.37. The van der Waals surface area contributed by atoms with Gasteiger partial charge >= 0.3 is 0 Å². The smallest absolute Gasteiger partial charge is 0.242 e. The number of amides is 1. The number of nitrogens with one attached hydrogen (secondary N) is 1. The molecule has 0 radical (unpaired) electrons. The van der Waals surface area contributed by atoms with Crippen molar-refractivity contribution < 1.29 is 17.7 Å². The summed E-state index contributed by atoms with van der Waals surface area (Å²) < 4.78 is 29.0. The zero-order valence-electron chi connectivity index (χ0n) is 11.6. The minimum absolute atomic E-state index is 0.0480. The lowest BCUT2D eigenvalue weighted by Gasteiger charge is -2.12. The first kappa shape index (κ1) is 15.2. The minimum Gasteiger partial charge on any atom is -0.340 e. The van der Waals surface area contributed by atoms with Crippen molar-refractivity contribution in [3.63, 3.8) is 0 Å². The molecular formula is C13H15N3O4S. The van der Waals surface area contributed by atoms with Gasteiger partial charge in [0.2, 0.25) is 11.8 Å². The van der Waals surface area contributed by atoms with E-state index in [1.807, 2.05) is 0 Å². The largest absolute Gasteiger partial charge is 0.340 e. The fourth-order valence-electron chi connectivity index (χ4n) is 1.63. The molecule has 0 saturated heterocycles. The highest BCUT2D eigenvalue weighted by molar-refractivity contribution is 7.92. The van der Waals surface area contributed by atoms with Gasteiger partial charge in [-0.25, -0.2) is 8.42 Å². The van der Waals surface area contributed by atoms with Gasteiger partial charge in [0.15, 0.2) is 15.7 Å². The van der Waals surface area contributed by atoms with Crippen LogP contribution in [0, 0.1) is 6.92 Å². The van der Waals surface area contributed by atoms with Gasteiger partial charge < -0.3 is 9.84 Å². The van der Waals surface area contributed by atoms with Crippen LogP contribution in [0.4, 0.5) is 5.69 Å². The normalized spacial score (nSPS) is 12.9. The number of sulfone groups is 1. The molecule has 1 aromatic heterocycles. The lowest BCUT2D eigenvalue weighted by atomic mass is 10.3. The molecule has 8 heteroatoms. The molecule has 1 heterocycles. The number of anilines is 1. The Labute approximate surface area is 122 Å². The predicted molar refractivity (Wildman–Crippen MR) is 76.2 cm³/mol. The first-order valence-corrected chi connectivity index (χ1v) is 7.97. The van der Waals surface area contributed by atoms with Crippen molar-refractivity contribution in [2.75, 3.05) is 5.32 Å². The molecule has 0 spiro atoms. The van der Waals surface area contributed by atoms with Crippen molar-refractivity contribution in [2.45, 2.75) is 24.9 Å². The Morgan fingerprint density at radius 1 is 1.33 bits per heavy atom. The number of aryl methyl sites for hydroxylation is 1. The van der Waals surface area contributed by atoms with Crippen LogP contribution in [0.3, 0.4) is 0 Å². The number of rotatable bonds is 5. The van der Waals surface area contributed by atoms with Gasteiger partial charge in [-0.05, 0) is 19.1 Å². The summed E-state index contributed by atoms with van der Waals surface area (Å²) >= 11 is 0. The Bertz CT molecular complexity index is 725. The molecule has 7 nitrogen and oxygen atoms in total. The number of hydrogen-bond donors (Lipinski definition) is 1. The molecule has 0 aliphatic heterocycles. The van der Waals surface area contributed by atoms with Crippen LogP contribution >= 0.6 is 0 Å². The Hall–Kier alpha value is -2.22. The molecule has 0 aliphatic rings. The Morgan fingerprint density at radius 3 is 2.57 bits per heavy atom. The van der Waals surface area contributed by atoms with E-state index in [1.54, 1.807) is 37.3 Å². The SMILES string of the molecule is Cc1nc(CS(=O)(=O)[C@@H](C)C(=O)Nc2ccccc2)no1. The summed E-state index contributed by atoms with van der Waals surface area (Å²) in [7, 11) is -3.72. The summed E-state index contributed by atoms with van der Waals surface area (Å²) in [5.41, 5.74) is 0.542. The van der Waals surface area contributed by atoms with Gasteiger partial charge in [-0.1, -0.05) is 23.4 Å². The Morgan fingerprint density at radius 2 is 2.00 bits per heavy atom. The molecule has 1 aromatic carbocycles. The summed E-state index contributed by atoms with van der Waals surface area (Å²) in [5.74, 6) is -0.705. The standard InChI is InChI=1S/C13H15N3O4S/c1-9(13(17)15-11-6-4-3-5-7-11)21(18,19)8-12-14-10(2)20-16-12/h3-7,9H,8H2,1-2H3,(H,15,17)/t9-/m0/s1. The number of hydrogen-bond acceptors (Lipinski definition) is 6. The molecule has 2 aromatic rings. The second-order valence-corrected chi connectivity index (χ2v) is 6.86. The summed E-state index contributed by atoms with van der Waals surface area (Å²) in [4.78, 5) is 15.8. The second kappa shape index (κ2) is 6.04. The molecule has 1 N–H and O–H groups in total. The maximum absolute atomic E-state index is 12.2. The number of para-hydroxylation sites is 1. The molecule has 0 bridgehead atoms. The van der Waals surface area contributed by atoms with Crippen molar-refractivity contribution in [1.82, 2.24) is 10.1 Å². The third-order valence-electron chi connectivity index (χ3n) is 2.85. The van der Waals surface area contributed by atoms with Crippen LogP contribution in [0.2, 0.25) is 0 Å². The third kappa shape index (κ3) is 3.88. The molecule has 0 unspecified atom stereocenters. The van der Waals surface area contributed by atoms with E-state index in [0.717, 1.165) is 0 Å². The Balaban J connectivity index is 2.07. The maximum Gasteiger partial charge on any atom is 0.242 e. The van der Waals surface area contributed by atoms with Gasteiger partial charge in [-0.2, -0.15) is 4.98 Å². The number of benzene rings is 1. The fraction of sp³-hybridized carbons (Fsp3) is 0.308. The van der Waals surface area contributed by atoms with Gasteiger partial charge in [-0.3, -0.25) is 4.79 Å². The first-order chi connectivity index (χ1) is 9.88. The van der Waals surface area contributed by atoms with Crippen molar-refractivity contribution in [3.8, 4) is 0 Å². The topological polar surface area (TPSA) is 102 Å². The van der Waals surface area contributed by atoms with Crippen LogP contribution in [0.1, 0.15) is 18.6 Å². The highest BCUT2D eigenvalue weighted by atomic mass is 32.2.